The van der Waals surface area contributed by atoms with E-state index in [1.54, 1.807) is 30.3 Å². The molecular formula is C26H19Cl3N2O4S. The highest BCUT2D eigenvalue weighted by Crippen LogP contribution is 2.39. The first-order valence-corrected chi connectivity index (χ1v) is 12.3. The number of ether oxygens (including phenoxy) is 2. The molecule has 184 valence electrons. The predicted molar refractivity (Wildman–Crippen MR) is 146 cm³/mol. The molecule has 1 saturated heterocycles. The summed E-state index contributed by atoms with van der Waals surface area (Å²) >= 11 is 24.2. The van der Waals surface area contributed by atoms with E-state index in [2.05, 4.69) is 5.32 Å². The van der Waals surface area contributed by atoms with Crippen LogP contribution >= 0.6 is 47.0 Å². The molecular weight excluding hydrogens is 543 g/mol. The molecule has 0 aromatic heterocycles. The first kappa shape index (κ1) is 26.0. The van der Waals surface area contributed by atoms with Crippen LogP contribution in [0, 0.1) is 0 Å². The Hall–Kier alpha value is -3.10. The van der Waals surface area contributed by atoms with Crippen LogP contribution in [0.4, 0.5) is 5.69 Å². The molecule has 36 heavy (non-hydrogen) atoms. The fourth-order valence-corrected chi connectivity index (χ4v) is 4.44. The van der Waals surface area contributed by atoms with Gasteiger partial charge in [-0.2, -0.15) is 0 Å². The van der Waals surface area contributed by atoms with Crippen molar-refractivity contribution in [2.24, 2.45) is 0 Å². The van der Waals surface area contributed by atoms with Crippen molar-refractivity contribution in [1.29, 1.82) is 0 Å². The molecule has 0 atom stereocenters. The Bertz CT molecular complexity index is 1380. The van der Waals surface area contributed by atoms with Crippen molar-refractivity contribution in [2.75, 3.05) is 11.5 Å². The van der Waals surface area contributed by atoms with E-state index in [1.807, 2.05) is 37.3 Å². The molecule has 1 heterocycles. The van der Waals surface area contributed by atoms with Gasteiger partial charge in [-0.1, -0.05) is 71.2 Å². The Labute approximate surface area is 228 Å². The highest BCUT2D eigenvalue weighted by molar-refractivity contribution is 7.80. The maximum absolute atomic E-state index is 13.4. The van der Waals surface area contributed by atoms with Gasteiger partial charge in [-0.3, -0.25) is 19.8 Å². The molecule has 4 rings (SSSR count). The van der Waals surface area contributed by atoms with Crippen LogP contribution in [0.1, 0.15) is 18.1 Å². The third-order valence-corrected chi connectivity index (χ3v) is 6.52. The average molecular weight is 562 g/mol. The lowest BCUT2D eigenvalue weighted by molar-refractivity contribution is -0.122. The van der Waals surface area contributed by atoms with Gasteiger partial charge in [0.1, 0.15) is 12.2 Å². The van der Waals surface area contributed by atoms with Gasteiger partial charge in [0, 0.05) is 0 Å². The highest BCUT2D eigenvalue weighted by atomic mass is 35.5. The number of nitrogens with zero attached hydrogens (tertiary/aromatic N) is 1. The van der Waals surface area contributed by atoms with Gasteiger partial charge in [0.25, 0.3) is 11.8 Å². The maximum atomic E-state index is 13.4. The second-order valence-electron chi connectivity index (χ2n) is 7.57. The molecule has 0 radical (unpaired) electrons. The van der Waals surface area contributed by atoms with Crippen LogP contribution < -0.4 is 19.7 Å². The zero-order chi connectivity index (χ0) is 25.8. The van der Waals surface area contributed by atoms with Crippen LogP contribution in [0.2, 0.25) is 15.1 Å². The van der Waals surface area contributed by atoms with Crippen LogP contribution in [0.25, 0.3) is 6.08 Å². The topological polar surface area (TPSA) is 67.9 Å². The Balaban J connectivity index is 1.69. The lowest BCUT2D eigenvalue weighted by Crippen LogP contribution is -2.54. The van der Waals surface area contributed by atoms with Crippen LogP contribution in [0.5, 0.6) is 11.5 Å². The molecule has 0 unspecified atom stereocenters. The summed E-state index contributed by atoms with van der Waals surface area (Å²) in [6.07, 6.45) is 1.40. The van der Waals surface area contributed by atoms with Crippen molar-refractivity contribution in [1.82, 2.24) is 5.32 Å². The number of anilines is 1. The monoisotopic (exact) mass is 560 g/mol. The Morgan fingerprint density at radius 2 is 1.72 bits per heavy atom. The number of nitrogens with one attached hydrogen (secondary N) is 1. The Kier molecular flexibility index (Phi) is 8.16. The molecule has 0 saturated carbocycles. The molecule has 2 amide bonds. The number of halogens is 3. The minimum absolute atomic E-state index is 0.107. The normalized spacial score (nSPS) is 14.7. The van der Waals surface area contributed by atoms with Gasteiger partial charge in [-0.15, -0.1) is 0 Å². The molecule has 1 N–H and O–H groups in total. The number of thiocarbonyl (C=S) groups is 1. The van der Waals surface area contributed by atoms with E-state index in [0.29, 0.717) is 23.7 Å². The Morgan fingerprint density at radius 3 is 2.44 bits per heavy atom. The summed E-state index contributed by atoms with van der Waals surface area (Å²) in [7, 11) is 0. The van der Waals surface area contributed by atoms with Gasteiger partial charge in [-0.25, -0.2) is 0 Å². The quantitative estimate of drug-likeness (QED) is 0.204. The van der Waals surface area contributed by atoms with Crippen molar-refractivity contribution in [3.63, 3.8) is 0 Å². The molecule has 1 fully saturated rings. The number of amides is 2. The van der Waals surface area contributed by atoms with Crippen LogP contribution in [0.15, 0.2) is 66.2 Å². The standard InChI is InChI=1S/C26H19Cl3N2O4S/c1-2-34-21-13-16(12-19(28)23(21)35-14-15-7-4-3-5-8-15)11-17-24(32)30-26(36)31(25(17)33)20-10-6-9-18(27)22(20)29/h3-13H,2,14H2,1H3,(H,30,32,36)/b17-11+. The van der Waals surface area contributed by atoms with Crippen molar-refractivity contribution >= 4 is 75.7 Å². The van der Waals surface area contributed by atoms with Crippen LogP contribution in [-0.4, -0.2) is 23.5 Å². The molecule has 3 aromatic carbocycles. The maximum Gasteiger partial charge on any atom is 0.270 e. The molecule has 1 aliphatic heterocycles. The molecule has 1 aliphatic rings. The van der Waals surface area contributed by atoms with Gasteiger partial charge >= 0.3 is 0 Å². The van der Waals surface area contributed by atoms with E-state index < -0.39 is 11.8 Å². The smallest absolute Gasteiger partial charge is 0.270 e. The third kappa shape index (κ3) is 5.50. The summed E-state index contributed by atoms with van der Waals surface area (Å²) in [6.45, 7) is 2.47. The lowest BCUT2D eigenvalue weighted by Gasteiger charge is -2.29. The number of hydrogen-bond donors (Lipinski definition) is 1. The largest absolute Gasteiger partial charge is 0.490 e. The van der Waals surface area contributed by atoms with Gasteiger partial charge < -0.3 is 9.47 Å². The lowest BCUT2D eigenvalue weighted by atomic mass is 10.1. The summed E-state index contributed by atoms with van der Waals surface area (Å²) in [5, 5.41) is 3.05. The fraction of sp³-hybridized carbons (Fsp3) is 0.115. The summed E-state index contributed by atoms with van der Waals surface area (Å²) < 4.78 is 11.7. The zero-order valence-electron chi connectivity index (χ0n) is 18.9. The van der Waals surface area contributed by atoms with Gasteiger partial charge in [0.05, 0.1) is 27.4 Å². The van der Waals surface area contributed by atoms with Crippen molar-refractivity contribution in [3.05, 3.63) is 92.4 Å². The summed E-state index contributed by atoms with van der Waals surface area (Å²) in [4.78, 5) is 27.2. The van der Waals surface area contributed by atoms with E-state index >= 15 is 0 Å². The van der Waals surface area contributed by atoms with Crippen molar-refractivity contribution in [3.8, 4) is 11.5 Å². The second-order valence-corrected chi connectivity index (χ2v) is 9.15. The van der Waals surface area contributed by atoms with Crippen molar-refractivity contribution < 1.29 is 19.1 Å². The zero-order valence-corrected chi connectivity index (χ0v) is 22.0. The molecule has 0 bridgehead atoms. The number of carbonyl (C=O) groups excluding carboxylic acids is 2. The fourth-order valence-electron chi connectivity index (χ4n) is 3.51. The Morgan fingerprint density at radius 1 is 0.972 bits per heavy atom. The molecule has 10 heteroatoms. The van der Waals surface area contributed by atoms with E-state index in [9.17, 15) is 9.59 Å². The summed E-state index contributed by atoms with van der Waals surface area (Å²) in [5.41, 5.74) is 1.50. The second kappa shape index (κ2) is 11.3. The number of rotatable bonds is 7. The van der Waals surface area contributed by atoms with E-state index in [4.69, 9.17) is 56.5 Å². The SMILES string of the molecule is CCOc1cc(/C=C2\C(=O)NC(=S)N(c3cccc(Cl)c3Cl)C2=O)cc(Cl)c1OCc1ccccc1. The number of hydrogen-bond acceptors (Lipinski definition) is 5. The van der Waals surface area contributed by atoms with Gasteiger partial charge in [0.15, 0.2) is 16.6 Å². The first-order valence-electron chi connectivity index (χ1n) is 10.8. The van der Waals surface area contributed by atoms with Gasteiger partial charge in [-0.05, 0) is 60.6 Å². The number of carbonyl (C=O) groups is 2. The van der Waals surface area contributed by atoms with Crippen LogP contribution in [0.3, 0.4) is 0 Å². The van der Waals surface area contributed by atoms with E-state index in [0.717, 1.165) is 10.5 Å². The average Bonchev–Trinajstić information content (AvgIpc) is 2.84. The minimum atomic E-state index is -0.661. The van der Waals surface area contributed by atoms with Gasteiger partial charge in [0.2, 0.25) is 0 Å². The van der Waals surface area contributed by atoms with E-state index in [-0.39, 0.29) is 38.0 Å². The number of benzene rings is 3. The first-order chi connectivity index (χ1) is 17.3. The molecule has 0 aliphatic carbocycles. The molecule has 6 nitrogen and oxygen atoms in total. The molecule has 0 spiro atoms. The van der Waals surface area contributed by atoms with Crippen LogP contribution in [-0.2, 0) is 16.2 Å². The summed E-state index contributed by atoms with van der Waals surface area (Å²) in [5.74, 6) is -0.580. The summed E-state index contributed by atoms with van der Waals surface area (Å²) in [6, 6.07) is 17.6. The predicted octanol–water partition coefficient (Wildman–Crippen LogP) is 6.46. The third-order valence-electron chi connectivity index (χ3n) is 5.14. The highest BCUT2D eigenvalue weighted by Gasteiger charge is 2.35. The minimum Gasteiger partial charge on any atom is -0.490 e. The van der Waals surface area contributed by atoms with E-state index in [1.165, 1.54) is 6.08 Å². The van der Waals surface area contributed by atoms with Crippen molar-refractivity contribution in [2.45, 2.75) is 13.5 Å². The molecule has 3 aromatic rings.